The summed E-state index contributed by atoms with van der Waals surface area (Å²) in [5, 5.41) is 10.3. The highest BCUT2D eigenvalue weighted by Crippen LogP contribution is 2.39. The first-order valence-corrected chi connectivity index (χ1v) is 6.28. The molecule has 1 aromatic rings. The third-order valence-electron chi connectivity index (χ3n) is 2.87. The van der Waals surface area contributed by atoms with Gasteiger partial charge in [0, 0.05) is 0 Å². The zero-order valence-corrected chi connectivity index (χ0v) is 11.7. The number of ether oxygens (including phenoxy) is 2. The molecule has 0 unspecified atom stereocenters. The fourth-order valence-corrected chi connectivity index (χ4v) is 2.20. The van der Waals surface area contributed by atoms with E-state index in [0.717, 1.165) is 6.42 Å². The fraction of sp³-hybridized carbons (Fsp3) is 0.538. The lowest BCUT2D eigenvalue weighted by Crippen LogP contribution is -2.26. The highest BCUT2D eigenvalue weighted by atomic mass is 35.5. The molecule has 0 spiro atoms. The molecule has 0 aliphatic carbocycles. The molecule has 0 saturated carbocycles. The van der Waals surface area contributed by atoms with Crippen LogP contribution in [-0.4, -0.2) is 25.4 Å². The molecule has 102 valence electrons. The van der Waals surface area contributed by atoms with Crippen molar-refractivity contribution in [2.24, 2.45) is 5.73 Å². The summed E-state index contributed by atoms with van der Waals surface area (Å²) in [4.78, 5) is 0. The van der Waals surface area contributed by atoms with Crippen molar-refractivity contribution in [1.29, 1.82) is 0 Å². The Kier molecular flexibility index (Phi) is 5.72. The number of methoxy groups -OCH3 is 2. The van der Waals surface area contributed by atoms with Gasteiger partial charge in [0.05, 0.1) is 31.4 Å². The van der Waals surface area contributed by atoms with Gasteiger partial charge in [-0.05, 0) is 18.1 Å². The summed E-state index contributed by atoms with van der Waals surface area (Å²) in [7, 11) is 3.06. The largest absolute Gasteiger partial charge is 0.493 e. The Hall–Kier alpha value is -0.970. The van der Waals surface area contributed by atoms with Crippen LogP contribution in [0.2, 0.25) is 5.02 Å². The molecule has 0 aliphatic heterocycles. The van der Waals surface area contributed by atoms with Crippen LogP contribution in [-0.2, 0) is 0 Å². The van der Waals surface area contributed by atoms with Gasteiger partial charge in [-0.25, -0.2) is 0 Å². The maximum atomic E-state index is 9.93. The van der Waals surface area contributed by atoms with E-state index in [2.05, 4.69) is 0 Å². The predicted octanol–water partition coefficient (Wildman–Crippen LogP) is 2.52. The van der Waals surface area contributed by atoms with Crippen molar-refractivity contribution in [3.8, 4) is 11.5 Å². The molecule has 2 atom stereocenters. The second-order valence-electron chi connectivity index (χ2n) is 4.09. The van der Waals surface area contributed by atoms with E-state index < -0.39 is 12.1 Å². The molecule has 0 saturated heterocycles. The van der Waals surface area contributed by atoms with Crippen LogP contribution in [0.1, 0.15) is 31.4 Å². The maximum absolute atomic E-state index is 9.93. The maximum Gasteiger partial charge on any atom is 0.179 e. The van der Waals surface area contributed by atoms with E-state index in [0.29, 0.717) is 28.5 Å². The molecule has 0 radical (unpaired) electrons. The lowest BCUT2D eigenvalue weighted by molar-refractivity contribution is 0.134. The molecule has 18 heavy (non-hydrogen) atoms. The van der Waals surface area contributed by atoms with Crippen LogP contribution in [0, 0.1) is 0 Å². The molecule has 0 amide bonds. The van der Waals surface area contributed by atoms with Crippen LogP contribution in [0.5, 0.6) is 11.5 Å². The van der Waals surface area contributed by atoms with Gasteiger partial charge < -0.3 is 20.3 Å². The minimum Gasteiger partial charge on any atom is -0.493 e. The molecule has 4 nitrogen and oxygen atoms in total. The number of nitrogens with two attached hydrogens (primary N) is 1. The highest BCUT2D eigenvalue weighted by molar-refractivity contribution is 6.33. The number of aliphatic hydroxyl groups excluding tert-OH is 1. The quantitative estimate of drug-likeness (QED) is 0.836. The first-order chi connectivity index (χ1) is 8.56. The van der Waals surface area contributed by atoms with E-state index in [1.807, 2.05) is 6.92 Å². The van der Waals surface area contributed by atoms with E-state index in [1.54, 1.807) is 19.2 Å². The van der Waals surface area contributed by atoms with E-state index in [9.17, 15) is 5.11 Å². The summed E-state index contributed by atoms with van der Waals surface area (Å²) in [5.41, 5.74) is 6.67. The van der Waals surface area contributed by atoms with Crippen molar-refractivity contribution >= 4 is 11.6 Å². The SMILES string of the molecule is CCC[C@H](O)[C@H](N)c1ccc(OC)c(OC)c1Cl. The van der Waals surface area contributed by atoms with Crippen LogP contribution in [0.25, 0.3) is 0 Å². The molecule has 0 bridgehead atoms. The molecular weight excluding hydrogens is 254 g/mol. The summed E-state index contributed by atoms with van der Waals surface area (Å²) < 4.78 is 10.4. The van der Waals surface area contributed by atoms with Gasteiger partial charge in [-0.3, -0.25) is 0 Å². The summed E-state index contributed by atoms with van der Waals surface area (Å²) in [5.74, 6) is 0.985. The van der Waals surface area contributed by atoms with Crippen LogP contribution in [0.3, 0.4) is 0 Å². The van der Waals surface area contributed by atoms with Crippen LogP contribution in [0.4, 0.5) is 0 Å². The number of benzene rings is 1. The van der Waals surface area contributed by atoms with Gasteiger partial charge in [-0.1, -0.05) is 31.0 Å². The summed E-state index contributed by atoms with van der Waals surface area (Å²) >= 11 is 6.24. The monoisotopic (exact) mass is 273 g/mol. The second-order valence-corrected chi connectivity index (χ2v) is 4.46. The minimum atomic E-state index is -0.620. The Bertz CT molecular complexity index is 398. The van der Waals surface area contributed by atoms with E-state index in [4.69, 9.17) is 26.8 Å². The average molecular weight is 274 g/mol. The number of hydrogen-bond donors (Lipinski definition) is 2. The Morgan fingerprint density at radius 3 is 2.50 bits per heavy atom. The Morgan fingerprint density at radius 1 is 1.33 bits per heavy atom. The van der Waals surface area contributed by atoms with Gasteiger partial charge in [-0.15, -0.1) is 0 Å². The van der Waals surface area contributed by atoms with Crippen molar-refractivity contribution in [3.63, 3.8) is 0 Å². The zero-order valence-electron chi connectivity index (χ0n) is 10.9. The molecule has 0 aromatic heterocycles. The van der Waals surface area contributed by atoms with Crippen molar-refractivity contribution in [3.05, 3.63) is 22.7 Å². The minimum absolute atomic E-state index is 0.388. The fourth-order valence-electron chi connectivity index (χ4n) is 1.84. The van der Waals surface area contributed by atoms with Gasteiger partial charge in [0.1, 0.15) is 0 Å². The second kappa shape index (κ2) is 6.83. The summed E-state index contributed by atoms with van der Waals surface area (Å²) in [6, 6.07) is 2.96. The predicted molar refractivity (Wildman–Crippen MR) is 72.4 cm³/mol. The van der Waals surface area contributed by atoms with Gasteiger partial charge >= 0.3 is 0 Å². The lowest BCUT2D eigenvalue weighted by atomic mass is 9.98. The van der Waals surface area contributed by atoms with Crippen LogP contribution >= 0.6 is 11.6 Å². The third-order valence-corrected chi connectivity index (χ3v) is 3.26. The normalized spacial score (nSPS) is 14.1. The molecule has 0 heterocycles. The highest BCUT2D eigenvalue weighted by Gasteiger charge is 2.22. The van der Waals surface area contributed by atoms with E-state index in [-0.39, 0.29) is 0 Å². The summed E-state index contributed by atoms with van der Waals surface area (Å²) in [6.45, 7) is 1.99. The van der Waals surface area contributed by atoms with Gasteiger partial charge in [-0.2, -0.15) is 0 Å². The number of halogens is 1. The molecule has 5 heteroatoms. The average Bonchev–Trinajstić information content (AvgIpc) is 2.37. The molecule has 0 aliphatic rings. The number of rotatable bonds is 6. The topological polar surface area (TPSA) is 64.7 Å². The van der Waals surface area contributed by atoms with Gasteiger partial charge in [0.15, 0.2) is 11.5 Å². The smallest absolute Gasteiger partial charge is 0.179 e. The van der Waals surface area contributed by atoms with E-state index >= 15 is 0 Å². The van der Waals surface area contributed by atoms with Gasteiger partial charge in [0.25, 0.3) is 0 Å². The molecular formula is C13H20ClNO3. The molecule has 3 N–H and O–H groups in total. The lowest BCUT2D eigenvalue weighted by Gasteiger charge is -2.21. The van der Waals surface area contributed by atoms with Gasteiger partial charge in [0.2, 0.25) is 0 Å². The Morgan fingerprint density at radius 2 is 2.00 bits per heavy atom. The molecule has 1 aromatic carbocycles. The van der Waals surface area contributed by atoms with Crippen molar-refractivity contribution in [2.45, 2.75) is 31.9 Å². The molecule has 1 rings (SSSR count). The first kappa shape index (κ1) is 15.1. The Labute approximate surface area is 113 Å². The third kappa shape index (κ3) is 3.07. The van der Waals surface area contributed by atoms with Crippen molar-refractivity contribution in [2.75, 3.05) is 14.2 Å². The Balaban J connectivity index is 3.10. The summed E-state index contributed by atoms with van der Waals surface area (Å²) in [6.07, 6.45) is 0.872. The molecule has 0 fully saturated rings. The zero-order chi connectivity index (χ0) is 13.7. The number of hydrogen-bond acceptors (Lipinski definition) is 4. The van der Waals surface area contributed by atoms with Crippen molar-refractivity contribution in [1.82, 2.24) is 0 Å². The van der Waals surface area contributed by atoms with Crippen molar-refractivity contribution < 1.29 is 14.6 Å². The van der Waals surface area contributed by atoms with E-state index in [1.165, 1.54) is 7.11 Å². The van der Waals surface area contributed by atoms with Crippen LogP contribution < -0.4 is 15.2 Å². The number of aliphatic hydroxyl groups is 1. The first-order valence-electron chi connectivity index (χ1n) is 5.90. The standard InChI is InChI=1S/C13H20ClNO3/c1-4-5-9(16)12(15)8-6-7-10(17-2)13(18-3)11(8)14/h6-7,9,12,16H,4-5,15H2,1-3H3/t9-,12+/m0/s1. The van der Waals surface area contributed by atoms with Crippen LogP contribution in [0.15, 0.2) is 12.1 Å².